The lowest BCUT2D eigenvalue weighted by Crippen LogP contribution is -2.12. The molecule has 3 heterocycles. The van der Waals surface area contributed by atoms with Gasteiger partial charge in [0.1, 0.15) is 10.1 Å². The average molecular weight is 438 g/mol. The predicted octanol–water partition coefficient (Wildman–Crippen LogP) is 4.90. The van der Waals surface area contributed by atoms with E-state index in [1.54, 1.807) is 30.6 Å². The summed E-state index contributed by atoms with van der Waals surface area (Å²) in [4.78, 5) is 25.2. The molecular formula is C21H16ClN5O2S. The largest absolute Gasteiger partial charge is 0.339 e. The third-order valence-electron chi connectivity index (χ3n) is 4.00. The molecule has 0 aliphatic rings. The molecule has 0 unspecified atom stereocenters. The van der Waals surface area contributed by atoms with Gasteiger partial charge in [0, 0.05) is 41.5 Å². The molecule has 0 aliphatic carbocycles. The van der Waals surface area contributed by atoms with E-state index in [2.05, 4.69) is 25.4 Å². The van der Waals surface area contributed by atoms with Crippen LogP contribution in [0.15, 0.2) is 81.6 Å². The molecular weight excluding hydrogens is 422 g/mol. The lowest BCUT2D eigenvalue weighted by Gasteiger charge is -2.06. The number of rotatable bonds is 7. The van der Waals surface area contributed by atoms with E-state index < -0.39 is 0 Å². The summed E-state index contributed by atoms with van der Waals surface area (Å²) in [5.41, 5.74) is 1.47. The number of pyridine rings is 2. The van der Waals surface area contributed by atoms with Crippen molar-refractivity contribution in [3.8, 4) is 11.4 Å². The number of amides is 1. The van der Waals surface area contributed by atoms with Crippen LogP contribution in [0.2, 0.25) is 5.02 Å². The Morgan fingerprint density at radius 2 is 1.87 bits per heavy atom. The van der Waals surface area contributed by atoms with Crippen LogP contribution in [0.3, 0.4) is 0 Å². The van der Waals surface area contributed by atoms with Crippen LogP contribution in [-0.2, 0) is 11.2 Å². The molecule has 0 spiro atoms. The summed E-state index contributed by atoms with van der Waals surface area (Å²) in [6.45, 7) is 0. The van der Waals surface area contributed by atoms with Crippen molar-refractivity contribution in [3.05, 3.63) is 77.9 Å². The quantitative estimate of drug-likeness (QED) is 0.439. The van der Waals surface area contributed by atoms with Gasteiger partial charge in [0.05, 0.1) is 0 Å². The first-order valence-electron chi connectivity index (χ1n) is 9.09. The Kier molecular flexibility index (Phi) is 6.36. The highest BCUT2D eigenvalue weighted by molar-refractivity contribution is 7.99. The van der Waals surface area contributed by atoms with Crippen LogP contribution in [0.4, 0.5) is 5.69 Å². The summed E-state index contributed by atoms with van der Waals surface area (Å²) in [6.07, 6.45) is 3.93. The standard InChI is InChI=1S/C21H16ClN5O2S/c22-15-6-4-14(5-7-15)21-26-18(29-27-21)9-8-17(28)25-16-10-12-24-20(13-16)30-19-3-1-2-11-23-19/h1-7,10-13H,8-9H2,(H,24,25,28). The molecule has 150 valence electrons. The second-order valence-corrected chi connectivity index (χ2v) is 7.70. The second kappa shape index (κ2) is 9.51. The van der Waals surface area contributed by atoms with Crippen molar-refractivity contribution in [1.29, 1.82) is 0 Å². The van der Waals surface area contributed by atoms with Crippen molar-refractivity contribution >= 4 is 35.0 Å². The van der Waals surface area contributed by atoms with Crippen LogP contribution in [-0.4, -0.2) is 26.0 Å². The van der Waals surface area contributed by atoms with Crippen LogP contribution in [0.25, 0.3) is 11.4 Å². The number of carbonyl (C=O) groups excluding carboxylic acids is 1. The van der Waals surface area contributed by atoms with E-state index >= 15 is 0 Å². The second-order valence-electron chi connectivity index (χ2n) is 6.22. The van der Waals surface area contributed by atoms with Gasteiger partial charge in [-0.3, -0.25) is 4.79 Å². The minimum absolute atomic E-state index is 0.152. The number of carbonyl (C=O) groups is 1. The van der Waals surface area contributed by atoms with Crippen LogP contribution >= 0.6 is 23.4 Å². The summed E-state index contributed by atoms with van der Waals surface area (Å²) < 4.78 is 5.24. The van der Waals surface area contributed by atoms with Gasteiger partial charge in [0.2, 0.25) is 17.6 Å². The molecule has 0 atom stereocenters. The summed E-state index contributed by atoms with van der Waals surface area (Å²) in [7, 11) is 0. The zero-order valence-electron chi connectivity index (χ0n) is 15.7. The van der Waals surface area contributed by atoms with E-state index in [1.807, 2.05) is 36.4 Å². The molecule has 9 heteroatoms. The topological polar surface area (TPSA) is 93.8 Å². The Hall–Kier alpha value is -3.23. The molecule has 4 rings (SSSR count). The lowest BCUT2D eigenvalue weighted by molar-refractivity contribution is -0.116. The first kappa shape index (κ1) is 20.1. The highest BCUT2D eigenvalue weighted by Gasteiger charge is 2.11. The lowest BCUT2D eigenvalue weighted by atomic mass is 10.2. The number of aromatic nitrogens is 4. The van der Waals surface area contributed by atoms with Gasteiger partial charge in [-0.1, -0.05) is 34.6 Å². The molecule has 0 aliphatic heterocycles. The van der Waals surface area contributed by atoms with E-state index in [0.717, 1.165) is 15.6 Å². The van der Waals surface area contributed by atoms with Crippen molar-refractivity contribution in [3.63, 3.8) is 0 Å². The number of hydrogen-bond acceptors (Lipinski definition) is 7. The molecule has 3 aromatic heterocycles. The highest BCUT2D eigenvalue weighted by atomic mass is 35.5. The Balaban J connectivity index is 1.32. The number of hydrogen-bond donors (Lipinski definition) is 1. The molecule has 0 saturated carbocycles. The Morgan fingerprint density at radius 1 is 1.03 bits per heavy atom. The normalized spacial score (nSPS) is 10.7. The number of nitrogens with zero attached hydrogens (tertiary/aromatic N) is 4. The van der Waals surface area contributed by atoms with E-state index in [1.165, 1.54) is 11.8 Å². The van der Waals surface area contributed by atoms with E-state index in [4.69, 9.17) is 16.1 Å². The van der Waals surface area contributed by atoms with Crippen LogP contribution in [0.5, 0.6) is 0 Å². The van der Waals surface area contributed by atoms with Gasteiger partial charge in [-0.05, 0) is 48.5 Å². The summed E-state index contributed by atoms with van der Waals surface area (Å²) >= 11 is 7.31. The maximum atomic E-state index is 12.3. The molecule has 4 aromatic rings. The average Bonchev–Trinajstić information content (AvgIpc) is 3.23. The SMILES string of the molecule is O=C(CCc1nc(-c2ccc(Cl)cc2)no1)Nc1ccnc(Sc2ccccn2)c1. The van der Waals surface area contributed by atoms with E-state index in [-0.39, 0.29) is 12.3 Å². The molecule has 0 bridgehead atoms. The third-order valence-corrected chi connectivity index (χ3v) is 5.14. The van der Waals surface area contributed by atoms with Gasteiger partial charge in [0.25, 0.3) is 0 Å². The maximum Gasteiger partial charge on any atom is 0.227 e. The fourth-order valence-corrected chi connectivity index (χ4v) is 3.47. The zero-order valence-corrected chi connectivity index (χ0v) is 17.2. The van der Waals surface area contributed by atoms with Gasteiger partial charge < -0.3 is 9.84 Å². The van der Waals surface area contributed by atoms with Gasteiger partial charge >= 0.3 is 0 Å². The monoisotopic (exact) mass is 437 g/mol. The number of aryl methyl sites for hydroxylation is 1. The summed E-state index contributed by atoms with van der Waals surface area (Å²) in [6, 6.07) is 16.4. The maximum absolute atomic E-state index is 12.3. The summed E-state index contributed by atoms with van der Waals surface area (Å²) in [5.74, 6) is 0.713. The van der Waals surface area contributed by atoms with Crippen LogP contribution < -0.4 is 5.32 Å². The molecule has 1 N–H and O–H groups in total. The van der Waals surface area contributed by atoms with Gasteiger partial charge in [-0.15, -0.1) is 0 Å². The molecule has 0 fully saturated rings. The molecule has 7 nitrogen and oxygen atoms in total. The van der Waals surface area contributed by atoms with Crippen LogP contribution in [0.1, 0.15) is 12.3 Å². The van der Waals surface area contributed by atoms with E-state index in [0.29, 0.717) is 28.8 Å². The Morgan fingerprint density at radius 3 is 2.67 bits per heavy atom. The van der Waals surface area contributed by atoms with Gasteiger partial charge in [0.15, 0.2) is 0 Å². The van der Waals surface area contributed by atoms with Crippen molar-refractivity contribution in [1.82, 2.24) is 20.1 Å². The number of anilines is 1. The molecule has 30 heavy (non-hydrogen) atoms. The summed E-state index contributed by atoms with van der Waals surface area (Å²) in [5, 5.41) is 9.03. The molecule has 1 aromatic carbocycles. The van der Waals surface area contributed by atoms with Crippen molar-refractivity contribution in [2.24, 2.45) is 0 Å². The van der Waals surface area contributed by atoms with E-state index in [9.17, 15) is 4.79 Å². The third kappa shape index (κ3) is 5.43. The Bertz CT molecular complexity index is 1140. The Labute approximate surface area is 181 Å². The van der Waals surface area contributed by atoms with Gasteiger partial charge in [-0.25, -0.2) is 9.97 Å². The van der Waals surface area contributed by atoms with Crippen molar-refractivity contribution in [2.45, 2.75) is 22.9 Å². The highest BCUT2D eigenvalue weighted by Crippen LogP contribution is 2.25. The number of benzene rings is 1. The smallest absolute Gasteiger partial charge is 0.227 e. The van der Waals surface area contributed by atoms with Crippen molar-refractivity contribution < 1.29 is 9.32 Å². The minimum atomic E-state index is -0.152. The number of halogens is 1. The first-order chi connectivity index (χ1) is 14.7. The molecule has 0 saturated heterocycles. The van der Waals surface area contributed by atoms with Crippen LogP contribution in [0, 0.1) is 0 Å². The molecule has 0 radical (unpaired) electrons. The molecule has 1 amide bonds. The van der Waals surface area contributed by atoms with Crippen molar-refractivity contribution in [2.75, 3.05) is 5.32 Å². The zero-order chi connectivity index (χ0) is 20.8. The fraction of sp³-hybridized carbons (Fsp3) is 0.0952. The first-order valence-corrected chi connectivity index (χ1v) is 10.3. The van der Waals surface area contributed by atoms with Gasteiger partial charge in [-0.2, -0.15) is 4.98 Å². The minimum Gasteiger partial charge on any atom is -0.339 e. The number of nitrogens with one attached hydrogen (secondary N) is 1. The fourth-order valence-electron chi connectivity index (χ4n) is 2.57. The predicted molar refractivity (Wildman–Crippen MR) is 114 cm³/mol.